The lowest BCUT2D eigenvalue weighted by atomic mass is 10.1. The third-order valence-electron chi connectivity index (χ3n) is 2.31. The van der Waals surface area contributed by atoms with E-state index in [0.29, 0.717) is 6.54 Å². The van der Waals surface area contributed by atoms with Crippen LogP contribution in [-0.2, 0) is 6.54 Å². The van der Waals surface area contributed by atoms with Gasteiger partial charge in [0.15, 0.2) is 0 Å². The molecule has 0 saturated carbocycles. The monoisotopic (exact) mass is 236 g/mol. The molecule has 0 aromatic heterocycles. The molecule has 1 rings (SSSR count). The van der Waals surface area contributed by atoms with Crippen molar-refractivity contribution >= 4 is 0 Å². The third kappa shape index (κ3) is 5.71. The first-order valence-corrected chi connectivity index (χ1v) is 6.07. The molecule has 1 aromatic carbocycles. The van der Waals surface area contributed by atoms with Crippen molar-refractivity contribution in [3.05, 3.63) is 29.8 Å². The Kier molecular flexibility index (Phi) is 4.97. The Labute approximate surface area is 105 Å². The zero-order chi connectivity index (χ0) is 12.9. The van der Waals surface area contributed by atoms with Crippen LogP contribution in [0.5, 0.6) is 5.75 Å². The highest BCUT2D eigenvalue weighted by Gasteiger charge is 2.11. The van der Waals surface area contributed by atoms with Crippen molar-refractivity contribution in [3.63, 3.8) is 0 Å². The molecule has 0 saturated heterocycles. The van der Waals surface area contributed by atoms with Gasteiger partial charge >= 0.3 is 0 Å². The topological polar surface area (TPSA) is 38.5 Å². The molecule has 0 fully saturated rings. The van der Waals surface area contributed by atoms with Gasteiger partial charge in [-0.1, -0.05) is 12.1 Å². The minimum Gasteiger partial charge on any atom is -0.488 e. The standard InChI is InChI=1S/C14H24N2O/c1-14(2,3)17-13-7-5-12(6-8-13)11-16(4)10-9-15/h5-8H,9-11,15H2,1-4H3. The number of rotatable bonds is 5. The van der Waals surface area contributed by atoms with Crippen molar-refractivity contribution < 1.29 is 4.74 Å². The van der Waals surface area contributed by atoms with Crippen LogP contribution in [0.3, 0.4) is 0 Å². The minimum absolute atomic E-state index is 0.141. The van der Waals surface area contributed by atoms with Gasteiger partial charge in [-0.05, 0) is 45.5 Å². The van der Waals surface area contributed by atoms with Gasteiger partial charge in [0.2, 0.25) is 0 Å². The fraction of sp³-hybridized carbons (Fsp3) is 0.571. The molecular formula is C14H24N2O. The van der Waals surface area contributed by atoms with Gasteiger partial charge in [0.1, 0.15) is 11.4 Å². The van der Waals surface area contributed by atoms with Crippen LogP contribution in [-0.4, -0.2) is 30.6 Å². The number of ether oxygens (including phenoxy) is 1. The van der Waals surface area contributed by atoms with Gasteiger partial charge in [0, 0.05) is 19.6 Å². The summed E-state index contributed by atoms with van der Waals surface area (Å²) in [6.45, 7) is 8.69. The normalized spacial score (nSPS) is 11.9. The van der Waals surface area contributed by atoms with Gasteiger partial charge in [-0.3, -0.25) is 0 Å². The zero-order valence-corrected chi connectivity index (χ0v) is 11.4. The van der Waals surface area contributed by atoms with E-state index in [0.717, 1.165) is 18.8 Å². The van der Waals surface area contributed by atoms with Crippen LogP contribution in [0.4, 0.5) is 0 Å². The van der Waals surface area contributed by atoms with E-state index in [-0.39, 0.29) is 5.60 Å². The predicted molar refractivity (Wildman–Crippen MR) is 72.2 cm³/mol. The smallest absolute Gasteiger partial charge is 0.120 e. The van der Waals surface area contributed by atoms with Crippen LogP contribution in [0.25, 0.3) is 0 Å². The SMILES string of the molecule is CN(CCN)Cc1ccc(OC(C)(C)C)cc1. The second-order valence-corrected chi connectivity index (χ2v) is 5.38. The molecular weight excluding hydrogens is 212 g/mol. The second-order valence-electron chi connectivity index (χ2n) is 5.38. The Morgan fingerprint density at radius 3 is 2.24 bits per heavy atom. The molecule has 0 bridgehead atoms. The molecule has 96 valence electrons. The van der Waals surface area contributed by atoms with E-state index in [2.05, 4.69) is 44.9 Å². The molecule has 1 aromatic rings. The van der Waals surface area contributed by atoms with Crippen molar-refractivity contribution in [2.75, 3.05) is 20.1 Å². The molecule has 2 N–H and O–H groups in total. The van der Waals surface area contributed by atoms with E-state index in [1.165, 1.54) is 5.56 Å². The first-order chi connectivity index (χ1) is 7.90. The summed E-state index contributed by atoms with van der Waals surface area (Å²) in [7, 11) is 2.08. The molecule has 0 unspecified atom stereocenters. The maximum absolute atomic E-state index is 5.78. The molecule has 0 radical (unpaired) electrons. The van der Waals surface area contributed by atoms with E-state index in [4.69, 9.17) is 10.5 Å². The van der Waals surface area contributed by atoms with E-state index in [9.17, 15) is 0 Å². The third-order valence-corrected chi connectivity index (χ3v) is 2.31. The Hall–Kier alpha value is -1.06. The van der Waals surface area contributed by atoms with Crippen LogP contribution in [0.1, 0.15) is 26.3 Å². The van der Waals surface area contributed by atoms with Gasteiger partial charge in [0.05, 0.1) is 0 Å². The lowest BCUT2D eigenvalue weighted by Gasteiger charge is -2.21. The second kappa shape index (κ2) is 6.03. The first-order valence-electron chi connectivity index (χ1n) is 6.07. The molecule has 3 heteroatoms. The number of nitrogens with two attached hydrogens (primary N) is 1. The molecule has 17 heavy (non-hydrogen) atoms. The van der Waals surface area contributed by atoms with E-state index in [1.54, 1.807) is 0 Å². The molecule has 0 heterocycles. The summed E-state index contributed by atoms with van der Waals surface area (Å²) in [5.74, 6) is 0.919. The number of nitrogens with zero attached hydrogens (tertiary/aromatic N) is 1. The van der Waals surface area contributed by atoms with Gasteiger partial charge < -0.3 is 15.4 Å². The van der Waals surface area contributed by atoms with Gasteiger partial charge in [-0.15, -0.1) is 0 Å². The molecule has 0 spiro atoms. The quantitative estimate of drug-likeness (QED) is 0.852. The lowest BCUT2D eigenvalue weighted by Crippen LogP contribution is -2.25. The summed E-state index contributed by atoms with van der Waals surface area (Å²) >= 11 is 0. The maximum Gasteiger partial charge on any atom is 0.120 e. The van der Waals surface area contributed by atoms with Crippen molar-refractivity contribution in [2.24, 2.45) is 5.73 Å². The summed E-state index contributed by atoms with van der Waals surface area (Å²) in [5, 5.41) is 0. The summed E-state index contributed by atoms with van der Waals surface area (Å²) in [5.41, 5.74) is 6.65. The molecule has 0 amide bonds. The van der Waals surface area contributed by atoms with Crippen LogP contribution in [0.2, 0.25) is 0 Å². The average molecular weight is 236 g/mol. The Bertz CT molecular complexity index is 327. The summed E-state index contributed by atoms with van der Waals surface area (Å²) < 4.78 is 5.78. The summed E-state index contributed by atoms with van der Waals surface area (Å²) in [6.07, 6.45) is 0. The van der Waals surface area contributed by atoms with Crippen LogP contribution < -0.4 is 10.5 Å². The van der Waals surface area contributed by atoms with Gasteiger partial charge in [-0.25, -0.2) is 0 Å². The Morgan fingerprint density at radius 2 is 1.76 bits per heavy atom. The molecule has 3 nitrogen and oxygen atoms in total. The molecule has 0 aliphatic heterocycles. The summed E-state index contributed by atoms with van der Waals surface area (Å²) in [6, 6.07) is 8.26. The highest BCUT2D eigenvalue weighted by atomic mass is 16.5. The number of benzene rings is 1. The van der Waals surface area contributed by atoms with E-state index in [1.807, 2.05) is 12.1 Å². The van der Waals surface area contributed by atoms with Gasteiger partial charge in [0.25, 0.3) is 0 Å². The van der Waals surface area contributed by atoms with Crippen LogP contribution >= 0.6 is 0 Å². The zero-order valence-electron chi connectivity index (χ0n) is 11.4. The highest BCUT2D eigenvalue weighted by molar-refractivity contribution is 5.27. The Morgan fingerprint density at radius 1 is 1.18 bits per heavy atom. The minimum atomic E-state index is -0.141. The van der Waals surface area contributed by atoms with Crippen LogP contribution in [0.15, 0.2) is 24.3 Å². The number of hydrogen-bond acceptors (Lipinski definition) is 3. The predicted octanol–water partition coefficient (Wildman–Crippen LogP) is 2.25. The van der Waals surface area contributed by atoms with Crippen LogP contribution in [0, 0.1) is 0 Å². The fourth-order valence-electron chi connectivity index (χ4n) is 1.63. The van der Waals surface area contributed by atoms with Crippen molar-refractivity contribution in [2.45, 2.75) is 32.9 Å². The molecule has 0 atom stereocenters. The van der Waals surface area contributed by atoms with Crippen molar-refractivity contribution in [1.29, 1.82) is 0 Å². The van der Waals surface area contributed by atoms with E-state index >= 15 is 0 Å². The van der Waals surface area contributed by atoms with Crippen molar-refractivity contribution in [1.82, 2.24) is 4.90 Å². The average Bonchev–Trinajstić information content (AvgIpc) is 2.19. The lowest BCUT2D eigenvalue weighted by molar-refractivity contribution is 0.131. The summed E-state index contributed by atoms with van der Waals surface area (Å²) in [4.78, 5) is 2.21. The number of hydrogen-bond donors (Lipinski definition) is 1. The maximum atomic E-state index is 5.78. The fourth-order valence-corrected chi connectivity index (χ4v) is 1.63. The number of likely N-dealkylation sites (N-methyl/N-ethyl adjacent to an activating group) is 1. The van der Waals surface area contributed by atoms with Gasteiger partial charge in [-0.2, -0.15) is 0 Å². The largest absolute Gasteiger partial charge is 0.488 e. The van der Waals surface area contributed by atoms with Crippen molar-refractivity contribution in [3.8, 4) is 5.75 Å². The highest BCUT2D eigenvalue weighted by Crippen LogP contribution is 2.18. The molecule has 0 aliphatic carbocycles. The first kappa shape index (κ1) is 14.0. The Balaban J connectivity index is 2.56. The van der Waals surface area contributed by atoms with E-state index < -0.39 is 0 Å². The molecule has 0 aliphatic rings.